The summed E-state index contributed by atoms with van der Waals surface area (Å²) in [6, 6.07) is 24.9. The molecule has 0 fully saturated rings. The normalized spacial score (nSPS) is 12.0. The van der Waals surface area contributed by atoms with Gasteiger partial charge in [-0.15, -0.1) is 0 Å². The van der Waals surface area contributed by atoms with E-state index in [1.54, 1.807) is 30.3 Å². The average molecular weight is 508 g/mol. The summed E-state index contributed by atoms with van der Waals surface area (Å²) >= 11 is 0. The van der Waals surface area contributed by atoms with Crippen molar-refractivity contribution in [3.63, 3.8) is 0 Å². The zero-order valence-corrected chi connectivity index (χ0v) is 21.7. The topological polar surface area (TPSA) is 86.8 Å². The van der Waals surface area contributed by atoms with Gasteiger partial charge in [0.15, 0.2) is 0 Å². The lowest BCUT2D eigenvalue weighted by Crippen LogP contribution is -2.53. The van der Waals surface area contributed by atoms with Gasteiger partial charge in [-0.05, 0) is 37.1 Å². The Balaban J connectivity index is 2.01. The van der Waals surface area contributed by atoms with Gasteiger partial charge in [-0.25, -0.2) is 8.42 Å². The van der Waals surface area contributed by atoms with E-state index in [0.717, 1.165) is 27.3 Å². The van der Waals surface area contributed by atoms with Crippen LogP contribution in [0.4, 0.5) is 5.69 Å². The van der Waals surface area contributed by atoms with Gasteiger partial charge in [0.1, 0.15) is 12.6 Å². The molecule has 3 aromatic rings. The number of carbonyl (C=O) groups excluding carboxylic acids is 2. The van der Waals surface area contributed by atoms with Crippen molar-refractivity contribution >= 4 is 27.5 Å². The quantitative estimate of drug-likeness (QED) is 0.430. The molecule has 0 unspecified atom stereocenters. The number of carbonyl (C=O) groups is 2. The largest absolute Gasteiger partial charge is 0.355 e. The summed E-state index contributed by atoms with van der Waals surface area (Å²) in [7, 11) is -3.75. The predicted octanol–water partition coefficient (Wildman–Crippen LogP) is 3.54. The van der Waals surface area contributed by atoms with Crippen molar-refractivity contribution in [2.75, 3.05) is 23.7 Å². The Labute approximate surface area is 213 Å². The molecule has 0 saturated carbocycles. The summed E-state index contributed by atoms with van der Waals surface area (Å²) in [5.41, 5.74) is 3.22. The summed E-state index contributed by atoms with van der Waals surface area (Å²) in [5.74, 6) is -0.746. The summed E-state index contributed by atoms with van der Waals surface area (Å²) in [5, 5.41) is 2.85. The number of hydrogen-bond donors (Lipinski definition) is 1. The van der Waals surface area contributed by atoms with Gasteiger partial charge in [-0.3, -0.25) is 13.9 Å². The van der Waals surface area contributed by atoms with Crippen LogP contribution in [0, 0.1) is 6.92 Å². The van der Waals surface area contributed by atoms with Crippen LogP contribution in [0.3, 0.4) is 0 Å². The van der Waals surface area contributed by atoms with Crippen LogP contribution in [0.2, 0.25) is 0 Å². The van der Waals surface area contributed by atoms with Gasteiger partial charge in [0.05, 0.1) is 11.9 Å². The molecule has 0 aliphatic carbocycles. The Kier molecular flexibility index (Phi) is 9.25. The maximum absolute atomic E-state index is 13.8. The molecule has 7 nitrogen and oxygen atoms in total. The van der Waals surface area contributed by atoms with Gasteiger partial charge >= 0.3 is 0 Å². The van der Waals surface area contributed by atoms with E-state index in [0.29, 0.717) is 18.7 Å². The molecule has 0 heterocycles. The first-order valence-electron chi connectivity index (χ1n) is 11.9. The highest BCUT2D eigenvalue weighted by atomic mass is 32.2. The highest BCUT2D eigenvalue weighted by Crippen LogP contribution is 2.20. The summed E-state index contributed by atoms with van der Waals surface area (Å²) in [6.07, 6.45) is 1.37. The smallest absolute Gasteiger partial charge is 0.244 e. The second-order valence-corrected chi connectivity index (χ2v) is 10.6. The van der Waals surface area contributed by atoms with E-state index in [9.17, 15) is 18.0 Å². The molecular weight excluding hydrogens is 474 g/mol. The number of para-hydroxylation sites is 1. The number of sulfonamides is 1. The van der Waals surface area contributed by atoms with E-state index in [-0.39, 0.29) is 12.5 Å². The van der Waals surface area contributed by atoms with Crippen LogP contribution in [0.5, 0.6) is 0 Å². The Morgan fingerprint density at radius 3 is 2.00 bits per heavy atom. The lowest BCUT2D eigenvalue weighted by Gasteiger charge is -2.33. The maximum atomic E-state index is 13.8. The van der Waals surface area contributed by atoms with Gasteiger partial charge in [0, 0.05) is 19.5 Å². The Hall–Kier alpha value is -3.65. The van der Waals surface area contributed by atoms with E-state index in [2.05, 4.69) is 5.32 Å². The molecule has 0 aromatic heterocycles. The average Bonchev–Trinajstić information content (AvgIpc) is 2.86. The molecule has 0 radical (unpaired) electrons. The summed E-state index contributed by atoms with van der Waals surface area (Å²) < 4.78 is 26.4. The van der Waals surface area contributed by atoms with Crippen LogP contribution in [0.25, 0.3) is 0 Å². The predicted molar refractivity (Wildman–Crippen MR) is 143 cm³/mol. The number of benzene rings is 3. The van der Waals surface area contributed by atoms with Gasteiger partial charge in [0.25, 0.3) is 0 Å². The number of rotatable bonds is 11. The van der Waals surface area contributed by atoms with Crippen molar-refractivity contribution in [3.05, 3.63) is 102 Å². The third-order valence-corrected chi connectivity index (χ3v) is 6.96. The standard InChI is InChI=1S/C28H33N3O4S/c1-4-29-28(33)26(19-23-11-7-5-8-12-23)30(20-24-17-15-22(2)16-18-24)27(32)21-31(36(3,34)35)25-13-9-6-10-14-25/h5-18,26H,4,19-21H2,1-3H3,(H,29,33)/t26-/m1/s1. The highest BCUT2D eigenvalue weighted by Gasteiger charge is 2.32. The second kappa shape index (κ2) is 12.4. The van der Waals surface area contributed by atoms with Crippen molar-refractivity contribution in [1.82, 2.24) is 10.2 Å². The summed E-state index contributed by atoms with van der Waals surface area (Å²) in [4.78, 5) is 28.6. The molecule has 1 atom stereocenters. The minimum absolute atomic E-state index is 0.167. The first-order valence-corrected chi connectivity index (χ1v) is 13.7. The van der Waals surface area contributed by atoms with Crippen molar-refractivity contribution in [3.8, 4) is 0 Å². The fourth-order valence-corrected chi connectivity index (χ4v) is 4.79. The molecule has 8 heteroatoms. The number of likely N-dealkylation sites (N-methyl/N-ethyl adjacent to an activating group) is 1. The molecule has 36 heavy (non-hydrogen) atoms. The molecule has 0 aliphatic rings. The lowest BCUT2D eigenvalue weighted by atomic mass is 10.0. The molecule has 2 amide bonds. The fourth-order valence-electron chi connectivity index (χ4n) is 3.94. The molecule has 0 spiro atoms. The molecule has 190 valence electrons. The molecule has 1 N–H and O–H groups in total. The Morgan fingerprint density at radius 1 is 0.861 bits per heavy atom. The number of aryl methyl sites for hydroxylation is 1. The van der Waals surface area contributed by atoms with Crippen molar-refractivity contribution in [2.24, 2.45) is 0 Å². The number of amides is 2. The van der Waals surface area contributed by atoms with Gasteiger partial charge < -0.3 is 10.2 Å². The number of nitrogens with zero attached hydrogens (tertiary/aromatic N) is 2. The van der Waals surface area contributed by atoms with E-state index in [1.165, 1.54) is 4.90 Å². The van der Waals surface area contributed by atoms with Crippen molar-refractivity contribution in [1.29, 1.82) is 0 Å². The molecule has 0 aliphatic heterocycles. The second-order valence-electron chi connectivity index (χ2n) is 8.71. The molecule has 3 aromatic carbocycles. The van der Waals surface area contributed by atoms with Crippen LogP contribution >= 0.6 is 0 Å². The first-order chi connectivity index (χ1) is 17.2. The van der Waals surface area contributed by atoms with E-state index in [1.807, 2.05) is 68.4 Å². The zero-order chi connectivity index (χ0) is 26.1. The van der Waals surface area contributed by atoms with Crippen molar-refractivity contribution in [2.45, 2.75) is 32.9 Å². The lowest BCUT2D eigenvalue weighted by molar-refractivity contribution is -0.140. The minimum Gasteiger partial charge on any atom is -0.355 e. The third-order valence-electron chi connectivity index (χ3n) is 5.82. The zero-order valence-electron chi connectivity index (χ0n) is 20.9. The molecule has 3 rings (SSSR count). The van der Waals surface area contributed by atoms with Gasteiger partial charge in [-0.1, -0.05) is 78.4 Å². The SMILES string of the molecule is CCNC(=O)[C@@H](Cc1ccccc1)N(Cc1ccc(C)cc1)C(=O)CN(c1ccccc1)S(C)(=O)=O. The molecule has 0 bridgehead atoms. The van der Waals surface area contributed by atoms with E-state index in [4.69, 9.17) is 0 Å². The maximum Gasteiger partial charge on any atom is 0.244 e. The first kappa shape index (κ1) is 26.9. The van der Waals surface area contributed by atoms with Crippen LogP contribution in [-0.2, 0) is 32.6 Å². The Morgan fingerprint density at radius 2 is 1.44 bits per heavy atom. The van der Waals surface area contributed by atoms with Gasteiger partial charge in [-0.2, -0.15) is 0 Å². The molecular formula is C28H33N3O4S. The van der Waals surface area contributed by atoms with Gasteiger partial charge in [0.2, 0.25) is 21.8 Å². The van der Waals surface area contributed by atoms with E-state index < -0.39 is 28.5 Å². The number of hydrogen-bond acceptors (Lipinski definition) is 4. The molecule has 0 saturated heterocycles. The monoisotopic (exact) mass is 507 g/mol. The number of anilines is 1. The van der Waals surface area contributed by atoms with Crippen LogP contribution in [0.15, 0.2) is 84.9 Å². The van der Waals surface area contributed by atoms with Crippen LogP contribution in [-0.4, -0.2) is 50.5 Å². The number of nitrogens with one attached hydrogen (secondary N) is 1. The van der Waals surface area contributed by atoms with E-state index >= 15 is 0 Å². The fraction of sp³-hybridized carbons (Fsp3) is 0.286. The highest BCUT2D eigenvalue weighted by molar-refractivity contribution is 7.92. The third kappa shape index (κ3) is 7.42. The van der Waals surface area contributed by atoms with Crippen molar-refractivity contribution < 1.29 is 18.0 Å². The van der Waals surface area contributed by atoms with Crippen LogP contribution in [0.1, 0.15) is 23.6 Å². The Bertz CT molecular complexity index is 1250. The summed E-state index contributed by atoms with van der Waals surface area (Å²) in [6.45, 7) is 3.96. The van der Waals surface area contributed by atoms with Crippen LogP contribution < -0.4 is 9.62 Å². The minimum atomic E-state index is -3.75.